The molecule has 0 spiro atoms. The normalized spacial score (nSPS) is 24.4. The molecule has 1 N–H and O–H groups in total. The van der Waals surface area contributed by atoms with Gasteiger partial charge in [-0.2, -0.15) is 0 Å². The van der Waals surface area contributed by atoms with Crippen molar-refractivity contribution in [2.24, 2.45) is 11.8 Å². The summed E-state index contributed by atoms with van der Waals surface area (Å²) in [5.41, 5.74) is 1.19. The van der Waals surface area contributed by atoms with Crippen molar-refractivity contribution in [3.8, 4) is 0 Å². The van der Waals surface area contributed by atoms with Gasteiger partial charge in [-0.1, -0.05) is 12.2 Å². The Balaban J connectivity index is 1.59. The van der Waals surface area contributed by atoms with Crippen LogP contribution in [0.4, 0.5) is 5.69 Å². The maximum atomic E-state index is 12.7. The molecule has 1 saturated heterocycles. The Hall–Kier alpha value is -2.47. The number of anilines is 1. The number of hydrogen-bond donors (Lipinski definition) is 1. The molecular weight excluding hydrogens is 346 g/mol. The van der Waals surface area contributed by atoms with Crippen molar-refractivity contribution in [1.29, 1.82) is 0 Å². The molecule has 1 aromatic carbocycles. The van der Waals surface area contributed by atoms with Crippen LogP contribution in [0.2, 0.25) is 0 Å². The lowest BCUT2D eigenvalue weighted by molar-refractivity contribution is -0.155. The van der Waals surface area contributed by atoms with Crippen LogP contribution >= 0.6 is 0 Å². The summed E-state index contributed by atoms with van der Waals surface area (Å²) in [4.78, 5) is 36.6. The molecule has 1 aliphatic carbocycles. The monoisotopic (exact) mass is 371 g/mol. The highest BCUT2D eigenvalue weighted by Gasteiger charge is 2.35. The number of amides is 1. The quantitative estimate of drug-likeness (QED) is 0.472. The molecule has 27 heavy (non-hydrogen) atoms. The van der Waals surface area contributed by atoms with Crippen molar-refractivity contribution in [2.45, 2.75) is 38.7 Å². The van der Waals surface area contributed by atoms with Crippen LogP contribution in [0, 0.1) is 11.8 Å². The second-order valence-corrected chi connectivity index (χ2v) is 7.04. The van der Waals surface area contributed by atoms with Gasteiger partial charge in [0.25, 0.3) is 0 Å². The first-order valence-electron chi connectivity index (χ1n) is 9.39. The van der Waals surface area contributed by atoms with Gasteiger partial charge in [0.15, 0.2) is 5.78 Å². The maximum Gasteiger partial charge on any atom is 0.310 e. The minimum atomic E-state index is -0.493. The fraction of sp³-hybridized carbons (Fsp3) is 0.476. The standard InChI is InChI=1S/C21H25NO5/c1-14(23)15-8-10-16(11-9-15)22-20(24)18-6-2-3-7-19(18)21(25)27-13-17-5-4-12-26-17/h2-3,8-11,17-19H,4-7,12-13H2,1H3,(H,22,24)/t17-,18-,19+/m0/s1. The molecule has 1 fully saturated rings. The Bertz CT molecular complexity index is 719. The van der Waals surface area contributed by atoms with Gasteiger partial charge in [-0.3, -0.25) is 14.4 Å². The summed E-state index contributed by atoms with van der Waals surface area (Å²) < 4.78 is 10.9. The van der Waals surface area contributed by atoms with Gasteiger partial charge in [-0.05, 0) is 56.9 Å². The van der Waals surface area contributed by atoms with E-state index in [0.717, 1.165) is 12.8 Å². The lowest BCUT2D eigenvalue weighted by Gasteiger charge is -2.26. The van der Waals surface area contributed by atoms with Gasteiger partial charge >= 0.3 is 5.97 Å². The zero-order valence-corrected chi connectivity index (χ0v) is 15.5. The Morgan fingerprint density at radius 3 is 2.44 bits per heavy atom. The zero-order valence-electron chi connectivity index (χ0n) is 15.5. The largest absolute Gasteiger partial charge is 0.463 e. The minimum absolute atomic E-state index is 0.0276. The lowest BCUT2D eigenvalue weighted by atomic mass is 9.82. The van der Waals surface area contributed by atoms with Gasteiger partial charge in [0, 0.05) is 17.9 Å². The number of rotatable bonds is 6. The van der Waals surface area contributed by atoms with E-state index < -0.39 is 11.8 Å². The van der Waals surface area contributed by atoms with Crippen molar-refractivity contribution in [1.82, 2.24) is 0 Å². The topological polar surface area (TPSA) is 81.7 Å². The lowest BCUT2D eigenvalue weighted by Crippen LogP contribution is -2.36. The van der Waals surface area contributed by atoms with Gasteiger partial charge in [-0.15, -0.1) is 0 Å². The molecule has 1 aromatic rings. The number of carbonyl (C=O) groups excluding carboxylic acids is 3. The fourth-order valence-corrected chi connectivity index (χ4v) is 3.45. The second-order valence-electron chi connectivity index (χ2n) is 7.04. The minimum Gasteiger partial charge on any atom is -0.463 e. The van der Waals surface area contributed by atoms with Crippen molar-refractivity contribution >= 4 is 23.3 Å². The number of benzene rings is 1. The van der Waals surface area contributed by atoms with E-state index in [1.165, 1.54) is 6.92 Å². The van der Waals surface area contributed by atoms with E-state index in [-0.39, 0.29) is 30.4 Å². The highest BCUT2D eigenvalue weighted by molar-refractivity contribution is 5.97. The maximum absolute atomic E-state index is 12.7. The fourth-order valence-electron chi connectivity index (χ4n) is 3.45. The Morgan fingerprint density at radius 1 is 1.11 bits per heavy atom. The van der Waals surface area contributed by atoms with E-state index >= 15 is 0 Å². The van der Waals surface area contributed by atoms with Crippen LogP contribution in [0.3, 0.4) is 0 Å². The SMILES string of the molecule is CC(=O)c1ccc(NC(=O)[C@H]2CC=CC[C@H]2C(=O)OC[C@@H]2CCCO2)cc1. The molecule has 3 atom stereocenters. The average Bonchev–Trinajstić information content (AvgIpc) is 3.20. The molecule has 1 aliphatic heterocycles. The van der Waals surface area contributed by atoms with Crippen LogP contribution < -0.4 is 5.32 Å². The van der Waals surface area contributed by atoms with Gasteiger partial charge < -0.3 is 14.8 Å². The third kappa shape index (κ3) is 5.04. The summed E-state index contributed by atoms with van der Waals surface area (Å²) in [6, 6.07) is 6.73. The summed E-state index contributed by atoms with van der Waals surface area (Å²) in [7, 11) is 0. The van der Waals surface area contributed by atoms with Crippen molar-refractivity contribution in [3.63, 3.8) is 0 Å². The number of Topliss-reactive ketones (excluding diaryl/α,β-unsaturated/α-hetero) is 1. The Morgan fingerprint density at radius 2 is 1.81 bits per heavy atom. The first-order chi connectivity index (χ1) is 13.0. The molecule has 0 radical (unpaired) electrons. The molecule has 0 bridgehead atoms. The first-order valence-corrected chi connectivity index (χ1v) is 9.39. The summed E-state index contributed by atoms with van der Waals surface area (Å²) in [5.74, 6) is -1.55. The molecule has 0 aromatic heterocycles. The highest BCUT2D eigenvalue weighted by Crippen LogP contribution is 2.28. The average molecular weight is 371 g/mol. The number of carbonyl (C=O) groups is 3. The molecule has 1 heterocycles. The molecular formula is C21H25NO5. The zero-order chi connectivity index (χ0) is 19.2. The van der Waals surface area contributed by atoms with Crippen LogP contribution in [0.15, 0.2) is 36.4 Å². The molecule has 3 rings (SSSR count). The van der Waals surface area contributed by atoms with Crippen LogP contribution in [0.1, 0.15) is 43.0 Å². The number of ketones is 1. The van der Waals surface area contributed by atoms with Crippen LogP contribution in [-0.4, -0.2) is 37.0 Å². The third-order valence-electron chi connectivity index (χ3n) is 5.07. The van der Waals surface area contributed by atoms with Gasteiger partial charge in [-0.25, -0.2) is 0 Å². The predicted octanol–water partition coefficient (Wildman–Crippen LogP) is 3.13. The molecule has 6 nitrogen and oxygen atoms in total. The number of esters is 1. The molecule has 6 heteroatoms. The summed E-state index contributed by atoms with van der Waals surface area (Å²) in [5, 5.41) is 2.84. The van der Waals surface area contributed by atoms with Crippen LogP contribution in [-0.2, 0) is 19.1 Å². The molecule has 0 saturated carbocycles. The van der Waals surface area contributed by atoms with Gasteiger partial charge in [0.05, 0.1) is 17.9 Å². The van der Waals surface area contributed by atoms with E-state index in [2.05, 4.69) is 5.32 Å². The number of allylic oxidation sites excluding steroid dienone is 2. The van der Waals surface area contributed by atoms with E-state index in [0.29, 0.717) is 30.7 Å². The smallest absolute Gasteiger partial charge is 0.310 e. The molecule has 1 amide bonds. The summed E-state index contributed by atoms with van der Waals surface area (Å²) >= 11 is 0. The van der Waals surface area contributed by atoms with E-state index in [9.17, 15) is 14.4 Å². The molecule has 2 aliphatic rings. The number of nitrogens with one attached hydrogen (secondary N) is 1. The van der Waals surface area contributed by atoms with Gasteiger partial charge in [0.1, 0.15) is 6.61 Å². The van der Waals surface area contributed by atoms with Crippen molar-refractivity contribution in [3.05, 3.63) is 42.0 Å². The molecule has 0 unspecified atom stereocenters. The predicted molar refractivity (Wildman–Crippen MR) is 100 cm³/mol. The third-order valence-corrected chi connectivity index (χ3v) is 5.07. The Labute approximate surface area is 158 Å². The van der Waals surface area contributed by atoms with Crippen molar-refractivity contribution < 1.29 is 23.9 Å². The highest BCUT2D eigenvalue weighted by atomic mass is 16.6. The van der Waals surface area contributed by atoms with Crippen molar-refractivity contribution in [2.75, 3.05) is 18.5 Å². The van der Waals surface area contributed by atoms with Gasteiger partial charge in [0.2, 0.25) is 5.91 Å². The summed E-state index contributed by atoms with van der Waals surface area (Å²) in [6.07, 6.45) is 6.69. The van der Waals surface area contributed by atoms with E-state index in [1.54, 1.807) is 24.3 Å². The second kappa shape index (κ2) is 8.95. The van der Waals surface area contributed by atoms with E-state index in [4.69, 9.17) is 9.47 Å². The first kappa shape index (κ1) is 19.3. The number of hydrogen-bond acceptors (Lipinski definition) is 5. The number of ether oxygens (including phenoxy) is 2. The van der Waals surface area contributed by atoms with Crippen LogP contribution in [0.5, 0.6) is 0 Å². The van der Waals surface area contributed by atoms with Crippen LogP contribution in [0.25, 0.3) is 0 Å². The van der Waals surface area contributed by atoms with E-state index in [1.807, 2.05) is 12.2 Å². The molecule has 144 valence electrons. The summed E-state index contributed by atoms with van der Waals surface area (Å²) in [6.45, 7) is 2.45. The Kier molecular flexibility index (Phi) is 6.40.